The Bertz CT molecular complexity index is 864. The minimum atomic E-state index is -0.343. The number of nitrogens with zero attached hydrogens (tertiary/aromatic N) is 1. The number of rotatable bonds is 4. The van der Waals surface area contributed by atoms with Crippen molar-refractivity contribution in [2.75, 3.05) is 11.4 Å². The van der Waals surface area contributed by atoms with Gasteiger partial charge in [-0.25, -0.2) is 0 Å². The van der Waals surface area contributed by atoms with Crippen LogP contribution in [0.2, 0.25) is 0 Å². The molecule has 1 fully saturated rings. The van der Waals surface area contributed by atoms with Crippen molar-refractivity contribution in [1.82, 2.24) is 0 Å². The molecule has 5 heteroatoms. The number of carbonyl (C=O) groups is 2. The van der Waals surface area contributed by atoms with Crippen LogP contribution in [0.15, 0.2) is 53.0 Å². The molecule has 1 aliphatic heterocycles. The minimum Gasteiger partial charge on any atom is -0.461 e. The summed E-state index contributed by atoms with van der Waals surface area (Å²) in [4.78, 5) is 28.0. The van der Waals surface area contributed by atoms with Gasteiger partial charge in [0.1, 0.15) is 6.61 Å². The van der Waals surface area contributed by atoms with Crippen molar-refractivity contribution < 1.29 is 14.3 Å². The van der Waals surface area contributed by atoms with Crippen LogP contribution in [0.1, 0.15) is 36.8 Å². The molecule has 4 rings (SSSR count). The number of ether oxygens (including phenoxy) is 1. The van der Waals surface area contributed by atoms with E-state index in [2.05, 4.69) is 22.0 Å². The molecule has 0 bridgehead atoms. The molecule has 0 aromatic heterocycles. The summed E-state index contributed by atoms with van der Waals surface area (Å²) in [5, 5.41) is 0. The molecule has 1 heterocycles. The Labute approximate surface area is 174 Å². The molecule has 1 amide bonds. The van der Waals surface area contributed by atoms with Gasteiger partial charge in [-0.3, -0.25) is 9.59 Å². The topological polar surface area (TPSA) is 46.6 Å². The molecule has 0 spiro atoms. The molecule has 2 aromatic carbocycles. The number of benzene rings is 2. The van der Waals surface area contributed by atoms with E-state index in [9.17, 15) is 9.59 Å². The fourth-order valence-electron chi connectivity index (χ4n) is 4.32. The van der Waals surface area contributed by atoms with E-state index in [0.717, 1.165) is 47.8 Å². The highest BCUT2D eigenvalue weighted by Crippen LogP contribution is 2.36. The summed E-state index contributed by atoms with van der Waals surface area (Å²) < 4.78 is 6.59. The van der Waals surface area contributed by atoms with Gasteiger partial charge in [0.15, 0.2) is 0 Å². The highest BCUT2D eigenvalue weighted by atomic mass is 79.9. The summed E-state index contributed by atoms with van der Waals surface area (Å²) in [7, 11) is 0. The normalized spacial score (nSPS) is 21.2. The van der Waals surface area contributed by atoms with E-state index in [-0.39, 0.29) is 30.3 Å². The maximum absolute atomic E-state index is 13.3. The molecule has 146 valence electrons. The average molecular weight is 442 g/mol. The number of fused-ring (bicyclic) bond motifs is 1. The summed E-state index contributed by atoms with van der Waals surface area (Å²) in [6.07, 6.45) is 4.33. The fraction of sp³-hybridized carbons (Fsp3) is 0.391. The lowest BCUT2D eigenvalue weighted by Crippen LogP contribution is -2.42. The number of esters is 1. The summed E-state index contributed by atoms with van der Waals surface area (Å²) in [6, 6.07) is 15.8. The zero-order valence-corrected chi connectivity index (χ0v) is 17.4. The van der Waals surface area contributed by atoms with E-state index in [4.69, 9.17) is 4.74 Å². The Balaban J connectivity index is 1.44. The lowest BCUT2D eigenvalue weighted by molar-refractivity contribution is -0.155. The summed E-state index contributed by atoms with van der Waals surface area (Å²) in [5.41, 5.74) is 3.16. The number of carbonyl (C=O) groups excluding carboxylic acids is 2. The van der Waals surface area contributed by atoms with Gasteiger partial charge in [-0.15, -0.1) is 0 Å². The Morgan fingerprint density at radius 1 is 1.00 bits per heavy atom. The van der Waals surface area contributed by atoms with E-state index in [0.29, 0.717) is 6.54 Å². The minimum absolute atomic E-state index is 0.0789. The molecule has 1 saturated carbocycles. The van der Waals surface area contributed by atoms with Crippen molar-refractivity contribution in [3.8, 4) is 0 Å². The first-order chi connectivity index (χ1) is 13.6. The summed E-state index contributed by atoms with van der Waals surface area (Å²) >= 11 is 3.41. The number of hydrogen-bond acceptors (Lipinski definition) is 3. The monoisotopic (exact) mass is 441 g/mol. The lowest BCUT2D eigenvalue weighted by atomic mass is 9.78. The van der Waals surface area contributed by atoms with Gasteiger partial charge in [-0.2, -0.15) is 0 Å². The Morgan fingerprint density at radius 2 is 1.71 bits per heavy atom. The number of halogens is 1. The molecule has 2 aromatic rings. The van der Waals surface area contributed by atoms with Crippen molar-refractivity contribution in [3.05, 3.63) is 64.1 Å². The molecule has 0 N–H and O–H groups in total. The third-order valence-electron chi connectivity index (χ3n) is 5.83. The van der Waals surface area contributed by atoms with Gasteiger partial charge in [0.25, 0.3) is 0 Å². The van der Waals surface area contributed by atoms with Crippen molar-refractivity contribution in [2.45, 2.75) is 38.7 Å². The first-order valence-electron chi connectivity index (χ1n) is 9.94. The third kappa shape index (κ3) is 4.00. The van der Waals surface area contributed by atoms with Gasteiger partial charge in [0, 0.05) is 16.7 Å². The van der Waals surface area contributed by atoms with Crippen molar-refractivity contribution in [1.29, 1.82) is 0 Å². The van der Waals surface area contributed by atoms with Crippen LogP contribution in [0.3, 0.4) is 0 Å². The van der Waals surface area contributed by atoms with Gasteiger partial charge in [0.2, 0.25) is 5.91 Å². The number of para-hydroxylation sites is 1. The molecule has 1 aliphatic carbocycles. The molecule has 2 atom stereocenters. The van der Waals surface area contributed by atoms with Crippen molar-refractivity contribution >= 4 is 33.5 Å². The van der Waals surface area contributed by atoms with Crippen LogP contribution >= 0.6 is 15.9 Å². The van der Waals surface area contributed by atoms with Crippen LogP contribution < -0.4 is 4.90 Å². The van der Waals surface area contributed by atoms with Crippen LogP contribution in [-0.4, -0.2) is 18.4 Å². The first kappa shape index (κ1) is 19.2. The molecule has 2 unspecified atom stereocenters. The smallest absolute Gasteiger partial charge is 0.310 e. The molecule has 28 heavy (non-hydrogen) atoms. The number of anilines is 1. The Morgan fingerprint density at radius 3 is 2.50 bits per heavy atom. The molecular weight excluding hydrogens is 418 g/mol. The second kappa shape index (κ2) is 8.48. The molecule has 0 radical (unpaired) electrons. The van der Waals surface area contributed by atoms with Crippen LogP contribution in [-0.2, 0) is 27.4 Å². The Kier molecular flexibility index (Phi) is 5.81. The number of hydrogen-bond donors (Lipinski definition) is 0. The highest BCUT2D eigenvalue weighted by Gasteiger charge is 2.40. The molecular formula is C23H24BrNO3. The standard InChI is InChI=1S/C23H24BrNO3/c24-18-11-9-16(10-12-18)15-28-23(27)20-7-3-2-6-19(20)22(26)25-14-13-17-5-1-4-8-21(17)25/h1,4-5,8-12,19-20H,2-3,6-7,13-15H2. The molecule has 2 aliphatic rings. The Hall–Kier alpha value is -2.14. The van der Waals surface area contributed by atoms with Crippen LogP contribution in [0.5, 0.6) is 0 Å². The first-order valence-corrected chi connectivity index (χ1v) is 10.7. The zero-order valence-electron chi connectivity index (χ0n) is 15.8. The predicted octanol–water partition coefficient (Wildman–Crippen LogP) is 4.89. The van der Waals surface area contributed by atoms with Crippen molar-refractivity contribution in [2.24, 2.45) is 11.8 Å². The van der Waals surface area contributed by atoms with E-state index < -0.39 is 0 Å². The van der Waals surface area contributed by atoms with E-state index in [1.165, 1.54) is 5.56 Å². The van der Waals surface area contributed by atoms with Gasteiger partial charge in [-0.1, -0.05) is 59.1 Å². The predicted molar refractivity (Wildman–Crippen MR) is 112 cm³/mol. The summed E-state index contributed by atoms with van der Waals surface area (Å²) in [6.45, 7) is 0.950. The maximum Gasteiger partial charge on any atom is 0.310 e. The van der Waals surface area contributed by atoms with Gasteiger partial charge in [-0.05, 0) is 48.6 Å². The largest absolute Gasteiger partial charge is 0.461 e. The number of amides is 1. The second-order valence-corrected chi connectivity index (χ2v) is 8.52. The van der Waals surface area contributed by atoms with E-state index in [1.807, 2.05) is 47.4 Å². The molecule has 4 nitrogen and oxygen atoms in total. The van der Waals surface area contributed by atoms with Gasteiger partial charge < -0.3 is 9.64 Å². The van der Waals surface area contributed by atoms with E-state index in [1.54, 1.807) is 0 Å². The third-order valence-corrected chi connectivity index (χ3v) is 6.36. The fourth-order valence-corrected chi connectivity index (χ4v) is 4.58. The second-order valence-electron chi connectivity index (χ2n) is 7.60. The quantitative estimate of drug-likeness (QED) is 0.634. The highest BCUT2D eigenvalue weighted by molar-refractivity contribution is 9.10. The van der Waals surface area contributed by atoms with Crippen molar-refractivity contribution in [3.63, 3.8) is 0 Å². The maximum atomic E-state index is 13.3. The van der Waals surface area contributed by atoms with E-state index >= 15 is 0 Å². The van der Waals surface area contributed by atoms with Crippen LogP contribution in [0.4, 0.5) is 5.69 Å². The summed E-state index contributed by atoms with van der Waals surface area (Å²) in [5.74, 6) is -0.787. The zero-order chi connectivity index (χ0) is 19.5. The van der Waals surface area contributed by atoms with Gasteiger partial charge >= 0.3 is 5.97 Å². The van der Waals surface area contributed by atoms with Crippen LogP contribution in [0, 0.1) is 11.8 Å². The lowest BCUT2D eigenvalue weighted by Gasteiger charge is -2.32. The average Bonchev–Trinajstić information content (AvgIpc) is 3.17. The van der Waals surface area contributed by atoms with Crippen LogP contribution in [0.25, 0.3) is 0 Å². The van der Waals surface area contributed by atoms with Gasteiger partial charge in [0.05, 0.1) is 11.8 Å². The SMILES string of the molecule is O=C(OCc1ccc(Br)cc1)C1CCCCC1C(=O)N1CCc2ccccc21. The molecule has 0 saturated heterocycles.